The van der Waals surface area contributed by atoms with E-state index in [2.05, 4.69) is 21.9 Å². The summed E-state index contributed by atoms with van der Waals surface area (Å²) in [5, 5.41) is 0. The molecule has 10 heteroatoms. The van der Waals surface area contributed by atoms with E-state index in [4.69, 9.17) is 21.9 Å². The number of nitrogens with zero attached hydrogens (tertiary/aromatic N) is 5. The highest BCUT2D eigenvalue weighted by molar-refractivity contribution is 8.26. The van der Waals surface area contributed by atoms with Crippen LogP contribution >= 0.6 is 24.0 Å². The molecule has 0 radical (unpaired) electrons. The number of fused-ring (bicyclic) bond motifs is 1. The zero-order valence-electron chi connectivity index (χ0n) is 20.3. The van der Waals surface area contributed by atoms with Crippen molar-refractivity contribution in [2.24, 2.45) is 0 Å². The quantitative estimate of drug-likeness (QED) is 0.365. The average molecular weight is 534 g/mol. The van der Waals surface area contributed by atoms with E-state index in [9.17, 15) is 9.59 Å². The zero-order valence-corrected chi connectivity index (χ0v) is 21.9. The molecule has 3 fully saturated rings. The number of benzene rings is 1. The van der Waals surface area contributed by atoms with Gasteiger partial charge in [0.1, 0.15) is 15.8 Å². The van der Waals surface area contributed by atoms with Crippen LogP contribution in [0, 0.1) is 0 Å². The molecule has 0 N–H and O–H groups in total. The van der Waals surface area contributed by atoms with E-state index in [1.165, 1.54) is 21.8 Å². The molecule has 1 atom stereocenters. The van der Waals surface area contributed by atoms with E-state index in [1.54, 1.807) is 23.2 Å². The highest BCUT2D eigenvalue weighted by atomic mass is 32.2. The number of thioether (sulfide) groups is 1. The summed E-state index contributed by atoms with van der Waals surface area (Å²) in [6.07, 6.45) is 5.32. The second-order valence-corrected chi connectivity index (χ2v) is 11.0. The van der Waals surface area contributed by atoms with Gasteiger partial charge in [0.05, 0.1) is 23.1 Å². The fraction of sp³-hybridized carbons (Fsp3) is 0.333. The van der Waals surface area contributed by atoms with Crippen molar-refractivity contribution in [1.29, 1.82) is 0 Å². The van der Waals surface area contributed by atoms with Crippen molar-refractivity contribution in [2.75, 3.05) is 49.1 Å². The predicted molar refractivity (Wildman–Crippen MR) is 151 cm³/mol. The van der Waals surface area contributed by atoms with Gasteiger partial charge in [0.15, 0.2) is 0 Å². The van der Waals surface area contributed by atoms with Crippen molar-refractivity contribution in [3.05, 3.63) is 75.6 Å². The minimum absolute atomic E-state index is 0.00582. The monoisotopic (exact) mass is 533 g/mol. The summed E-state index contributed by atoms with van der Waals surface area (Å²) in [5.41, 5.74) is 1.98. The number of anilines is 2. The number of hydrogen-bond donors (Lipinski definition) is 0. The maximum atomic E-state index is 13.7. The van der Waals surface area contributed by atoms with Gasteiger partial charge in [0, 0.05) is 44.7 Å². The van der Waals surface area contributed by atoms with Gasteiger partial charge in [-0.3, -0.25) is 18.9 Å². The standard InChI is InChI=1S/C27H27N5O3S2/c33-25-21(17-22-26(34)32(27(36)37-22)18-20-9-6-16-35-20)24(28-23-10-4-5-11-31(23)25)30-14-12-29(13-15-30)19-7-2-1-3-8-19/h1-5,7-8,10-11,17,20H,6,9,12-16,18H2/b22-17-. The second-order valence-electron chi connectivity index (χ2n) is 9.32. The summed E-state index contributed by atoms with van der Waals surface area (Å²) < 4.78 is 7.74. The van der Waals surface area contributed by atoms with Crippen LogP contribution in [0.25, 0.3) is 11.7 Å². The van der Waals surface area contributed by atoms with Crippen LogP contribution < -0.4 is 15.4 Å². The molecule has 3 aliphatic rings. The number of carbonyl (C=O) groups excluding carboxylic acids is 1. The van der Waals surface area contributed by atoms with Gasteiger partial charge in [-0.1, -0.05) is 48.2 Å². The molecule has 1 amide bonds. The molecule has 8 nitrogen and oxygen atoms in total. The minimum atomic E-state index is -0.199. The maximum absolute atomic E-state index is 13.7. The second kappa shape index (κ2) is 10.3. The third kappa shape index (κ3) is 4.76. The fourth-order valence-corrected chi connectivity index (χ4v) is 6.31. The molecule has 37 heavy (non-hydrogen) atoms. The summed E-state index contributed by atoms with van der Waals surface area (Å²) in [7, 11) is 0. The van der Waals surface area contributed by atoms with Gasteiger partial charge in [0.25, 0.3) is 11.5 Å². The molecule has 0 bridgehead atoms. The number of thiocarbonyl (C=S) groups is 1. The predicted octanol–water partition coefficient (Wildman–Crippen LogP) is 3.40. The normalized spacial score (nSPS) is 21.6. The molecule has 0 spiro atoms. The molecule has 1 unspecified atom stereocenters. The number of hydrogen-bond acceptors (Lipinski definition) is 8. The van der Waals surface area contributed by atoms with Crippen LogP contribution in [0.3, 0.4) is 0 Å². The number of carbonyl (C=O) groups is 1. The summed E-state index contributed by atoms with van der Waals surface area (Å²) in [6.45, 7) is 4.21. The highest BCUT2D eigenvalue weighted by Gasteiger charge is 2.35. The lowest BCUT2D eigenvalue weighted by Gasteiger charge is -2.37. The maximum Gasteiger partial charge on any atom is 0.267 e. The third-order valence-corrected chi connectivity index (χ3v) is 8.39. The molecule has 1 aromatic carbocycles. The first-order chi connectivity index (χ1) is 18.1. The molecule has 0 saturated carbocycles. The smallest absolute Gasteiger partial charge is 0.267 e. The first kappa shape index (κ1) is 24.1. The van der Waals surface area contributed by atoms with Crippen molar-refractivity contribution in [1.82, 2.24) is 14.3 Å². The number of para-hydroxylation sites is 1. The Balaban J connectivity index is 1.33. The SMILES string of the molecule is O=C1/C(=C/c2c(N3CCN(c4ccccc4)CC3)nc3ccccn3c2=O)SC(=S)N1CC1CCCO1. The van der Waals surface area contributed by atoms with Crippen molar-refractivity contribution in [2.45, 2.75) is 18.9 Å². The molecule has 190 valence electrons. The Morgan fingerprint density at radius 2 is 1.78 bits per heavy atom. The molecule has 5 heterocycles. The molecule has 2 aromatic heterocycles. The van der Waals surface area contributed by atoms with Crippen LogP contribution in [0.5, 0.6) is 0 Å². The minimum Gasteiger partial charge on any atom is -0.376 e. The molecular formula is C27H27N5O3S2. The van der Waals surface area contributed by atoms with Gasteiger partial charge < -0.3 is 14.5 Å². The van der Waals surface area contributed by atoms with E-state index >= 15 is 0 Å². The van der Waals surface area contributed by atoms with Gasteiger partial charge in [-0.25, -0.2) is 4.98 Å². The van der Waals surface area contributed by atoms with Crippen LogP contribution in [-0.4, -0.2) is 69.9 Å². The number of amides is 1. The van der Waals surface area contributed by atoms with Crippen molar-refractivity contribution >= 4 is 57.4 Å². The van der Waals surface area contributed by atoms with Crippen LogP contribution in [-0.2, 0) is 9.53 Å². The average Bonchev–Trinajstić information content (AvgIpc) is 3.55. The molecule has 3 aromatic rings. The Morgan fingerprint density at radius 3 is 2.54 bits per heavy atom. The molecular weight excluding hydrogens is 506 g/mol. The van der Waals surface area contributed by atoms with Gasteiger partial charge in [-0.2, -0.15) is 0 Å². The van der Waals surface area contributed by atoms with Crippen molar-refractivity contribution < 1.29 is 9.53 Å². The van der Waals surface area contributed by atoms with E-state index < -0.39 is 0 Å². The molecule has 6 rings (SSSR count). The Kier molecular flexibility index (Phi) is 6.71. The van der Waals surface area contributed by atoms with Gasteiger partial charge in [0.2, 0.25) is 0 Å². The fourth-order valence-electron chi connectivity index (χ4n) is 5.05. The largest absolute Gasteiger partial charge is 0.376 e. The van der Waals surface area contributed by atoms with E-state index in [0.717, 1.165) is 32.5 Å². The molecule has 3 saturated heterocycles. The summed E-state index contributed by atoms with van der Waals surface area (Å²) in [4.78, 5) is 38.4. The number of piperazine rings is 1. The van der Waals surface area contributed by atoms with Crippen LogP contribution in [0.15, 0.2) is 64.4 Å². The lowest BCUT2D eigenvalue weighted by atomic mass is 10.2. The van der Waals surface area contributed by atoms with Crippen molar-refractivity contribution in [3.8, 4) is 0 Å². The van der Waals surface area contributed by atoms with Crippen LogP contribution in [0.1, 0.15) is 18.4 Å². The Morgan fingerprint density at radius 1 is 1.03 bits per heavy atom. The number of rotatable bonds is 5. The summed E-state index contributed by atoms with van der Waals surface area (Å²) >= 11 is 6.77. The van der Waals surface area contributed by atoms with Gasteiger partial charge in [-0.15, -0.1) is 0 Å². The highest BCUT2D eigenvalue weighted by Crippen LogP contribution is 2.34. The Hall–Kier alpha value is -3.21. The van der Waals surface area contributed by atoms with Crippen LogP contribution in [0.2, 0.25) is 0 Å². The number of aromatic nitrogens is 2. The third-order valence-electron chi connectivity index (χ3n) is 7.01. The lowest BCUT2D eigenvalue weighted by Crippen LogP contribution is -2.47. The summed E-state index contributed by atoms with van der Waals surface area (Å²) in [5.74, 6) is 0.427. The van der Waals surface area contributed by atoms with Gasteiger partial charge >= 0.3 is 0 Å². The Labute approximate surface area is 224 Å². The Bertz CT molecular complexity index is 1430. The molecule has 0 aliphatic carbocycles. The summed E-state index contributed by atoms with van der Waals surface area (Å²) in [6, 6.07) is 15.8. The van der Waals surface area contributed by atoms with E-state index in [-0.39, 0.29) is 17.6 Å². The van der Waals surface area contributed by atoms with E-state index in [0.29, 0.717) is 45.9 Å². The van der Waals surface area contributed by atoms with E-state index in [1.807, 2.05) is 30.3 Å². The van der Waals surface area contributed by atoms with Gasteiger partial charge in [-0.05, 0) is 43.2 Å². The number of pyridine rings is 1. The first-order valence-corrected chi connectivity index (χ1v) is 13.7. The topological polar surface area (TPSA) is 70.4 Å². The zero-order chi connectivity index (χ0) is 25.4. The number of ether oxygens (including phenoxy) is 1. The first-order valence-electron chi connectivity index (χ1n) is 12.5. The molecule has 3 aliphatic heterocycles. The van der Waals surface area contributed by atoms with Crippen LogP contribution in [0.4, 0.5) is 11.5 Å². The van der Waals surface area contributed by atoms with Crippen molar-refractivity contribution in [3.63, 3.8) is 0 Å². The lowest BCUT2D eigenvalue weighted by molar-refractivity contribution is -0.123.